The van der Waals surface area contributed by atoms with E-state index < -0.39 is 6.04 Å². The van der Waals surface area contributed by atoms with Gasteiger partial charge < -0.3 is 20.5 Å². The second-order valence-electron chi connectivity index (χ2n) is 6.90. The molecule has 1 fully saturated rings. The SMILES string of the molecule is CC(C)C[C@H](N)C(=O)NCc1cccc(OCCN2CCOCC2)c1.Cl.Cl. The van der Waals surface area contributed by atoms with Crippen LogP contribution in [-0.4, -0.2) is 56.3 Å². The second-order valence-corrected chi connectivity index (χ2v) is 6.90. The molecule has 0 radical (unpaired) electrons. The summed E-state index contributed by atoms with van der Waals surface area (Å²) in [5.41, 5.74) is 6.91. The second kappa shape index (κ2) is 14.0. The van der Waals surface area contributed by atoms with E-state index in [0.29, 0.717) is 25.5 Å². The molecule has 0 spiro atoms. The highest BCUT2D eigenvalue weighted by Crippen LogP contribution is 2.13. The molecular formula is C19H33Cl2N3O3. The normalized spacial score (nSPS) is 15.4. The van der Waals surface area contributed by atoms with Gasteiger partial charge in [0.25, 0.3) is 0 Å². The van der Waals surface area contributed by atoms with Gasteiger partial charge in [0.05, 0.1) is 19.3 Å². The van der Waals surface area contributed by atoms with E-state index in [0.717, 1.165) is 44.2 Å². The van der Waals surface area contributed by atoms with Gasteiger partial charge in [-0.2, -0.15) is 0 Å². The number of ether oxygens (including phenoxy) is 2. The summed E-state index contributed by atoms with van der Waals surface area (Å²) < 4.78 is 11.2. The van der Waals surface area contributed by atoms with Crippen LogP contribution in [0.2, 0.25) is 0 Å². The maximum atomic E-state index is 12.0. The smallest absolute Gasteiger partial charge is 0.237 e. The Bertz CT molecular complexity index is 541. The van der Waals surface area contributed by atoms with E-state index in [9.17, 15) is 4.79 Å². The number of benzene rings is 1. The van der Waals surface area contributed by atoms with E-state index in [4.69, 9.17) is 15.2 Å². The van der Waals surface area contributed by atoms with Crippen molar-refractivity contribution < 1.29 is 14.3 Å². The van der Waals surface area contributed by atoms with Gasteiger partial charge in [-0.1, -0.05) is 26.0 Å². The first-order valence-electron chi connectivity index (χ1n) is 9.09. The maximum absolute atomic E-state index is 12.0. The fourth-order valence-electron chi connectivity index (χ4n) is 2.80. The Balaban J connectivity index is 0.00000338. The van der Waals surface area contributed by atoms with Gasteiger partial charge in [-0.05, 0) is 30.0 Å². The molecule has 156 valence electrons. The number of rotatable bonds is 9. The van der Waals surface area contributed by atoms with Crippen molar-refractivity contribution in [3.8, 4) is 5.75 Å². The van der Waals surface area contributed by atoms with E-state index in [-0.39, 0.29) is 30.7 Å². The molecule has 1 aromatic rings. The van der Waals surface area contributed by atoms with Crippen molar-refractivity contribution in [1.82, 2.24) is 10.2 Å². The van der Waals surface area contributed by atoms with Gasteiger partial charge in [0.2, 0.25) is 5.91 Å². The minimum absolute atomic E-state index is 0. The van der Waals surface area contributed by atoms with Gasteiger partial charge >= 0.3 is 0 Å². The van der Waals surface area contributed by atoms with Crippen molar-refractivity contribution >= 4 is 30.7 Å². The Morgan fingerprint density at radius 3 is 2.67 bits per heavy atom. The van der Waals surface area contributed by atoms with Crippen molar-refractivity contribution in [1.29, 1.82) is 0 Å². The summed E-state index contributed by atoms with van der Waals surface area (Å²) in [6.45, 7) is 9.66. The summed E-state index contributed by atoms with van der Waals surface area (Å²) in [5, 5.41) is 2.90. The minimum atomic E-state index is -0.451. The average Bonchev–Trinajstić information content (AvgIpc) is 2.60. The number of nitrogens with one attached hydrogen (secondary N) is 1. The van der Waals surface area contributed by atoms with Crippen LogP contribution in [0.5, 0.6) is 5.75 Å². The predicted molar refractivity (Wildman–Crippen MR) is 113 cm³/mol. The molecule has 1 aliphatic heterocycles. The lowest BCUT2D eigenvalue weighted by atomic mass is 10.0. The zero-order valence-corrected chi connectivity index (χ0v) is 17.8. The number of carbonyl (C=O) groups is 1. The lowest BCUT2D eigenvalue weighted by Crippen LogP contribution is -2.41. The molecule has 0 aromatic heterocycles. The zero-order chi connectivity index (χ0) is 18.1. The molecule has 1 heterocycles. The van der Waals surface area contributed by atoms with E-state index in [1.54, 1.807) is 0 Å². The highest BCUT2D eigenvalue weighted by atomic mass is 35.5. The summed E-state index contributed by atoms with van der Waals surface area (Å²) in [6, 6.07) is 7.37. The fraction of sp³-hybridized carbons (Fsp3) is 0.632. The number of halogens is 2. The molecule has 1 aromatic carbocycles. The number of nitrogens with two attached hydrogens (primary N) is 1. The number of hydrogen-bond acceptors (Lipinski definition) is 5. The third-order valence-electron chi connectivity index (χ3n) is 4.21. The van der Waals surface area contributed by atoms with Crippen LogP contribution < -0.4 is 15.8 Å². The summed E-state index contributed by atoms with van der Waals surface area (Å²) in [6.07, 6.45) is 0.691. The van der Waals surface area contributed by atoms with Crippen molar-refractivity contribution in [3.05, 3.63) is 29.8 Å². The van der Waals surface area contributed by atoms with Crippen LogP contribution in [0.25, 0.3) is 0 Å². The number of morpholine rings is 1. The Hall–Kier alpha value is -1.05. The van der Waals surface area contributed by atoms with Crippen LogP contribution >= 0.6 is 24.8 Å². The highest BCUT2D eigenvalue weighted by molar-refractivity contribution is 5.85. The topological polar surface area (TPSA) is 76.8 Å². The first-order valence-corrected chi connectivity index (χ1v) is 9.09. The number of amides is 1. The Kier molecular flexibility index (Phi) is 13.5. The molecule has 0 bridgehead atoms. The van der Waals surface area contributed by atoms with E-state index >= 15 is 0 Å². The third kappa shape index (κ3) is 10.2. The summed E-state index contributed by atoms with van der Waals surface area (Å²) in [5.74, 6) is 1.13. The molecule has 0 unspecified atom stereocenters. The van der Waals surface area contributed by atoms with Gasteiger partial charge in [0.1, 0.15) is 12.4 Å². The van der Waals surface area contributed by atoms with Crippen LogP contribution in [0.1, 0.15) is 25.8 Å². The summed E-state index contributed by atoms with van der Waals surface area (Å²) >= 11 is 0. The van der Waals surface area contributed by atoms with E-state index in [1.807, 2.05) is 24.3 Å². The van der Waals surface area contributed by atoms with Crippen LogP contribution in [0, 0.1) is 5.92 Å². The van der Waals surface area contributed by atoms with Gasteiger partial charge in [-0.25, -0.2) is 0 Å². The van der Waals surface area contributed by atoms with Gasteiger partial charge in [0, 0.05) is 26.2 Å². The fourth-order valence-corrected chi connectivity index (χ4v) is 2.80. The van der Waals surface area contributed by atoms with E-state index in [2.05, 4.69) is 24.1 Å². The van der Waals surface area contributed by atoms with Crippen molar-refractivity contribution in [2.75, 3.05) is 39.5 Å². The quantitative estimate of drug-likeness (QED) is 0.638. The molecule has 1 atom stereocenters. The largest absolute Gasteiger partial charge is 0.492 e. The first-order chi connectivity index (χ1) is 12.0. The molecule has 2 rings (SSSR count). The molecule has 0 aliphatic carbocycles. The number of nitrogens with zero attached hydrogens (tertiary/aromatic N) is 1. The lowest BCUT2D eigenvalue weighted by molar-refractivity contribution is -0.122. The van der Waals surface area contributed by atoms with Crippen LogP contribution in [-0.2, 0) is 16.1 Å². The summed E-state index contributed by atoms with van der Waals surface area (Å²) in [7, 11) is 0. The molecule has 8 heteroatoms. The zero-order valence-electron chi connectivity index (χ0n) is 16.2. The molecule has 0 saturated carbocycles. The molecule has 6 nitrogen and oxygen atoms in total. The molecule has 1 saturated heterocycles. The molecule has 1 amide bonds. The minimum Gasteiger partial charge on any atom is -0.492 e. The Morgan fingerprint density at radius 2 is 2.00 bits per heavy atom. The molecule has 1 aliphatic rings. The molecule has 27 heavy (non-hydrogen) atoms. The van der Waals surface area contributed by atoms with Crippen LogP contribution in [0.3, 0.4) is 0 Å². The Morgan fingerprint density at radius 1 is 1.30 bits per heavy atom. The third-order valence-corrected chi connectivity index (χ3v) is 4.21. The van der Waals surface area contributed by atoms with Crippen molar-refractivity contribution in [3.63, 3.8) is 0 Å². The predicted octanol–water partition coefficient (Wildman–Crippen LogP) is 2.23. The summed E-state index contributed by atoms with van der Waals surface area (Å²) in [4.78, 5) is 14.3. The molecule has 3 N–H and O–H groups in total. The number of hydrogen-bond donors (Lipinski definition) is 2. The molecular weight excluding hydrogens is 389 g/mol. The van der Waals surface area contributed by atoms with Gasteiger partial charge in [-0.15, -0.1) is 24.8 Å². The first kappa shape index (κ1) is 26.0. The Labute approximate surface area is 175 Å². The van der Waals surface area contributed by atoms with Crippen molar-refractivity contribution in [2.45, 2.75) is 32.9 Å². The van der Waals surface area contributed by atoms with Crippen molar-refractivity contribution in [2.24, 2.45) is 11.7 Å². The van der Waals surface area contributed by atoms with Gasteiger partial charge in [0.15, 0.2) is 0 Å². The average molecular weight is 422 g/mol. The maximum Gasteiger partial charge on any atom is 0.237 e. The lowest BCUT2D eigenvalue weighted by Gasteiger charge is -2.26. The number of carbonyl (C=O) groups excluding carboxylic acids is 1. The monoisotopic (exact) mass is 421 g/mol. The standard InChI is InChI=1S/C19H31N3O3.2ClH/c1-15(2)12-18(20)19(23)21-14-16-4-3-5-17(13-16)25-11-8-22-6-9-24-10-7-22;;/h3-5,13,15,18H,6-12,14,20H2,1-2H3,(H,21,23);2*1H/t18-;;/m0../s1. The van der Waals surface area contributed by atoms with Gasteiger partial charge in [-0.3, -0.25) is 9.69 Å². The van der Waals surface area contributed by atoms with E-state index in [1.165, 1.54) is 0 Å². The van der Waals surface area contributed by atoms with Crippen LogP contribution in [0.15, 0.2) is 24.3 Å². The highest BCUT2D eigenvalue weighted by Gasteiger charge is 2.14. The van der Waals surface area contributed by atoms with Crippen LogP contribution in [0.4, 0.5) is 0 Å².